The topological polar surface area (TPSA) is 63.4 Å². The average Bonchev–Trinajstić information content (AvgIpc) is 2.32. The molecule has 0 saturated carbocycles. The number of nitrogens with zero attached hydrogens (tertiary/aromatic N) is 1. The van der Waals surface area contributed by atoms with Crippen LogP contribution < -0.4 is 0 Å². The Morgan fingerprint density at radius 2 is 1.72 bits per heavy atom. The zero-order valence-electron chi connectivity index (χ0n) is 9.04. The number of hydrogen-bond acceptors (Lipinski definition) is 4. The summed E-state index contributed by atoms with van der Waals surface area (Å²) in [5.41, 5.74) is -0.537. The van der Waals surface area contributed by atoms with E-state index in [9.17, 15) is 14.5 Å². The van der Waals surface area contributed by atoms with Gasteiger partial charge in [0.2, 0.25) is 5.82 Å². The molecular weight excluding hydrogens is 257 g/mol. The average molecular weight is 265 g/mol. The smallest absolute Gasteiger partial charge is 0.304 e. The second-order valence-corrected chi connectivity index (χ2v) is 4.61. The number of nitro groups is 1. The summed E-state index contributed by atoms with van der Waals surface area (Å²) in [5, 5.41) is 19.6. The number of phenolic OH excluding ortho intramolecular Hbond substituents is 1. The number of halogens is 1. The van der Waals surface area contributed by atoms with Gasteiger partial charge in [0.1, 0.15) is 5.75 Å². The van der Waals surface area contributed by atoms with E-state index in [1.165, 1.54) is 30.0 Å². The molecule has 0 radical (unpaired) electrons. The number of benzene rings is 2. The molecule has 0 saturated heterocycles. The van der Waals surface area contributed by atoms with Crippen molar-refractivity contribution in [3.05, 3.63) is 58.4 Å². The van der Waals surface area contributed by atoms with E-state index in [1.807, 2.05) is 0 Å². The summed E-state index contributed by atoms with van der Waals surface area (Å²) in [6.45, 7) is 0. The van der Waals surface area contributed by atoms with Crippen LogP contribution >= 0.6 is 11.8 Å². The molecule has 18 heavy (non-hydrogen) atoms. The van der Waals surface area contributed by atoms with Crippen LogP contribution in [0.1, 0.15) is 0 Å². The van der Waals surface area contributed by atoms with E-state index in [0.29, 0.717) is 4.90 Å². The highest BCUT2D eigenvalue weighted by atomic mass is 32.2. The van der Waals surface area contributed by atoms with Crippen LogP contribution in [0.15, 0.2) is 52.3 Å². The molecule has 0 heterocycles. The molecule has 1 N–H and O–H groups in total. The van der Waals surface area contributed by atoms with Crippen molar-refractivity contribution in [2.45, 2.75) is 9.79 Å². The lowest BCUT2D eigenvalue weighted by Gasteiger charge is -2.02. The van der Waals surface area contributed by atoms with Crippen molar-refractivity contribution in [3.8, 4) is 5.75 Å². The number of nitro benzene ring substituents is 1. The largest absolute Gasteiger partial charge is 0.508 e. The normalized spacial score (nSPS) is 10.3. The molecule has 0 atom stereocenters. The molecule has 92 valence electrons. The van der Waals surface area contributed by atoms with Crippen LogP contribution in [0.3, 0.4) is 0 Å². The molecule has 2 aromatic rings. The first-order valence-electron chi connectivity index (χ1n) is 4.97. The molecule has 0 amide bonds. The van der Waals surface area contributed by atoms with Crippen molar-refractivity contribution in [2.75, 3.05) is 0 Å². The third-order valence-corrected chi connectivity index (χ3v) is 3.19. The lowest BCUT2D eigenvalue weighted by molar-refractivity contribution is -0.387. The zero-order valence-corrected chi connectivity index (χ0v) is 9.86. The standard InChI is InChI=1S/C12H8FNO3S/c13-11-7-10(5-6-12(11)14(16)17)18-9-3-1-8(15)2-4-9/h1-7,15H. The highest BCUT2D eigenvalue weighted by Crippen LogP contribution is 2.31. The molecule has 0 aliphatic rings. The summed E-state index contributed by atoms with van der Waals surface area (Å²) in [6, 6.07) is 10.1. The summed E-state index contributed by atoms with van der Waals surface area (Å²) >= 11 is 1.26. The fraction of sp³-hybridized carbons (Fsp3) is 0. The van der Waals surface area contributed by atoms with Crippen LogP contribution in [-0.2, 0) is 0 Å². The van der Waals surface area contributed by atoms with Gasteiger partial charge in [-0.1, -0.05) is 11.8 Å². The third-order valence-electron chi connectivity index (χ3n) is 2.19. The molecule has 0 aliphatic heterocycles. The van der Waals surface area contributed by atoms with E-state index >= 15 is 0 Å². The maximum Gasteiger partial charge on any atom is 0.304 e. The van der Waals surface area contributed by atoms with Crippen molar-refractivity contribution < 1.29 is 14.4 Å². The monoisotopic (exact) mass is 265 g/mol. The van der Waals surface area contributed by atoms with Crippen molar-refractivity contribution in [1.29, 1.82) is 0 Å². The summed E-state index contributed by atoms with van der Waals surface area (Å²) in [4.78, 5) is 11.1. The predicted octanol–water partition coefficient (Wildman–Crippen LogP) is 3.59. The summed E-state index contributed by atoms with van der Waals surface area (Å²) in [5.74, 6) is -0.710. The molecule has 0 spiro atoms. The van der Waals surface area contributed by atoms with Crippen molar-refractivity contribution in [2.24, 2.45) is 0 Å². The third kappa shape index (κ3) is 2.78. The summed E-state index contributed by atoms with van der Waals surface area (Å²) < 4.78 is 13.4. The Morgan fingerprint density at radius 1 is 1.11 bits per heavy atom. The second kappa shape index (κ2) is 5.05. The van der Waals surface area contributed by atoms with Gasteiger partial charge in [-0.25, -0.2) is 0 Å². The zero-order chi connectivity index (χ0) is 13.1. The Morgan fingerprint density at radius 3 is 2.28 bits per heavy atom. The molecule has 0 aromatic heterocycles. The van der Waals surface area contributed by atoms with Gasteiger partial charge >= 0.3 is 5.69 Å². The van der Waals surface area contributed by atoms with Gasteiger partial charge in [0, 0.05) is 15.9 Å². The van der Waals surface area contributed by atoms with Gasteiger partial charge in [-0.3, -0.25) is 10.1 Å². The molecule has 4 nitrogen and oxygen atoms in total. The maximum atomic E-state index is 13.4. The molecular formula is C12H8FNO3S. The Kier molecular flexibility index (Phi) is 3.47. The van der Waals surface area contributed by atoms with Crippen LogP contribution in [0.25, 0.3) is 0 Å². The lowest BCUT2D eigenvalue weighted by Crippen LogP contribution is -1.91. The fourth-order valence-corrected chi connectivity index (χ4v) is 2.19. The Hall–Kier alpha value is -2.08. The summed E-state index contributed by atoms with van der Waals surface area (Å²) in [6.07, 6.45) is 0. The van der Waals surface area contributed by atoms with Crippen molar-refractivity contribution in [3.63, 3.8) is 0 Å². The van der Waals surface area contributed by atoms with Crippen molar-refractivity contribution in [1.82, 2.24) is 0 Å². The van der Waals surface area contributed by atoms with E-state index in [4.69, 9.17) is 5.11 Å². The first-order chi connectivity index (χ1) is 8.56. The minimum Gasteiger partial charge on any atom is -0.508 e. The van der Waals surface area contributed by atoms with Gasteiger partial charge < -0.3 is 5.11 Å². The first kappa shape index (κ1) is 12.4. The molecule has 0 fully saturated rings. The van der Waals surface area contributed by atoms with Gasteiger partial charge in [0.15, 0.2) is 0 Å². The molecule has 6 heteroatoms. The number of rotatable bonds is 3. The van der Waals surface area contributed by atoms with E-state index in [0.717, 1.165) is 17.0 Å². The molecule has 2 aromatic carbocycles. The number of hydrogen-bond donors (Lipinski definition) is 1. The van der Waals surface area contributed by atoms with Crippen molar-refractivity contribution >= 4 is 17.4 Å². The highest BCUT2D eigenvalue weighted by Gasteiger charge is 2.13. The Balaban J connectivity index is 2.22. The molecule has 0 aliphatic carbocycles. The van der Waals surface area contributed by atoms with Crippen LogP contribution in [0.2, 0.25) is 0 Å². The Bertz CT molecular complexity index is 586. The predicted molar refractivity (Wildman–Crippen MR) is 65.3 cm³/mol. The first-order valence-corrected chi connectivity index (χ1v) is 5.79. The SMILES string of the molecule is O=[N+]([O-])c1ccc(Sc2ccc(O)cc2)cc1F. The Labute approximate surface area is 106 Å². The maximum absolute atomic E-state index is 13.4. The van der Waals surface area contributed by atoms with E-state index in [1.54, 1.807) is 12.1 Å². The molecule has 0 unspecified atom stereocenters. The van der Waals surface area contributed by atoms with Crippen LogP contribution in [0, 0.1) is 15.9 Å². The van der Waals surface area contributed by atoms with Gasteiger partial charge in [-0.15, -0.1) is 0 Å². The van der Waals surface area contributed by atoms with E-state index < -0.39 is 16.4 Å². The quantitative estimate of drug-likeness (QED) is 0.680. The highest BCUT2D eigenvalue weighted by molar-refractivity contribution is 7.99. The van der Waals surface area contributed by atoms with Crippen LogP contribution in [0.5, 0.6) is 5.75 Å². The van der Waals surface area contributed by atoms with Gasteiger partial charge in [-0.2, -0.15) is 4.39 Å². The second-order valence-electron chi connectivity index (χ2n) is 3.47. The minimum atomic E-state index is -0.858. The van der Waals surface area contributed by atoms with Gasteiger partial charge in [0.05, 0.1) is 4.92 Å². The number of aromatic hydroxyl groups is 1. The fourth-order valence-electron chi connectivity index (χ4n) is 1.35. The van der Waals surface area contributed by atoms with Gasteiger partial charge in [0.25, 0.3) is 0 Å². The lowest BCUT2D eigenvalue weighted by atomic mass is 10.3. The minimum absolute atomic E-state index is 0.147. The van der Waals surface area contributed by atoms with Crippen LogP contribution in [0.4, 0.5) is 10.1 Å². The number of phenols is 1. The summed E-state index contributed by atoms with van der Waals surface area (Å²) in [7, 11) is 0. The van der Waals surface area contributed by atoms with E-state index in [2.05, 4.69) is 0 Å². The molecule has 2 rings (SSSR count). The van der Waals surface area contributed by atoms with E-state index in [-0.39, 0.29) is 5.75 Å². The van der Waals surface area contributed by atoms with Gasteiger partial charge in [-0.05, 0) is 36.4 Å². The van der Waals surface area contributed by atoms with Crippen LogP contribution in [-0.4, -0.2) is 10.0 Å². The molecule has 0 bridgehead atoms.